The topological polar surface area (TPSA) is 106 Å². The van der Waals surface area contributed by atoms with E-state index in [9.17, 15) is 17.8 Å². The molecule has 2 saturated heterocycles. The monoisotopic (exact) mass is 627 g/mol. The van der Waals surface area contributed by atoms with E-state index in [1.807, 2.05) is 12.1 Å². The molecule has 13 heteroatoms. The van der Waals surface area contributed by atoms with Crippen LogP contribution in [0, 0.1) is 11.6 Å². The Balaban J connectivity index is 1.20. The Morgan fingerprint density at radius 2 is 1.82 bits per heavy atom. The third-order valence-corrected chi connectivity index (χ3v) is 9.93. The number of hydrogen-bond donors (Lipinski definition) is 3. The molecule has 2 fully saturated rings. The molecule has 1 unspecified atom stereocenters. The highest BCUT2D eigenvalue weighted by Gasteiger charge is 2.28. The van der Waals surface area contributed by atoms with Crippen LogP contribution in [0.2, 0.25) is 0 Å². The van der Waals surface area contributed by atoms with Crippen molar-refractivity contribution in [2.24, 2.45) is 0 Å². The normalized spacial score (nSPS) is 19.0. The van der Waals surface area contributed by atoms with Crippen LogP contribution in [-0.4, -0.2) is 88.0 Å². The van der Waals surface area contributed by atoms with Gasteiger partial charge in [0.05, 0.1) is 10.5 Å². The zero-order chi connectivity index (χ0) is 30.6. The minimum absolute atomic E-state index is 0.0516. The third-order valence-electron chi connectivity index (χ3n) is 8.51. The summed E-state index contributed by atoms with van der Waals surface area (Å²) in [5, 5.41) is 13.9. The van der Waals surface area contributed by atoms with E-state index in [2.05, 4.69) is 43.6 Å². The molecule has 0 radical (unpaired) electrons. The van der Waals surface area contributed by atoms with Gasteiger partial charge in [0.1, 0.15) is 22.6 Å². The first-order chi connectivity index (χ1) is 21.4. The largest absolute Gasteiger partial charge is 0.381 e. The lowest BCUT2D eigenvalue weighted by Crippen LogP contribution is -2.46. The number of fused-ring (bicyclic) bond motifs is 1. The molecule has 0 spiro atoms. The van der Waals surface area contributed by atoms with Crippen molar-refractivity contribution in [3.63, 3.8) is 0 Å². The summed E-state index contributed by atoms with van der Waals surface area (Å²) in [6.07, 6.45) is 3.36. The fourth-order valence-corrected chi connectivity index (χ4v) is 7.35. The molecule has 4 heterocycles. The Kier molecular flexibility index (Phi) is 9.55. The van der Waals surface area contributed by atoms with Gasteiger partial charge in [-0.2, -0.15) is 5.10 Å². The number of amides is 1. The van der Waals surface area contributed by atoms with Crippen LogP contribution in [0.1, 0.15) is 47.8 Å². The number of benzene rings is 2. The lowest BCUT2D eigenvalue weighted by atomic mass is 10.1. The molecule has 10 nitrogen and oxygen atoms in total. The van der Waals surface area contributed by atoms with Gasteiger partial charge in [-0.05, 0) is 56.1 Å². The van der Waals surface area contributed by atoms with Gasteiger partial charge in [0, 0.05) is 93.6 Å². The van der Waals surface area contributed by atoms with E-state index in [0.29, 0.717) is 43.1 Å². The second kappa shape index (κ2) is 13.7. The van der Waals surface area contributed by atoms with E-state index >= 15 is 0 Å². The van der Waals surface area contributed by atoms with E-state index in [0.717, 1.165) is 87.3 Å². The number of carbonyl (C=O) groups is 1. The first-order valence-electron chi connectivity index (χ1n) is 15.3. The average Bonchev–Trinajstić information content (AvgIpc) is 3.43. The van der Waals surface area contributed by atoms with Crippen molar-refractivity contribution < 1.29 is 22.5 Å². The second-order valence-electron chi connectivity index (χ2n) is 11.5. The molecular formula is C31H39F2N7O3S. The number of anilines is 3. The molecule has 3 aliphatic heterocycles. The van der Waals surface area contributed by atoms with Gasteiger partial charge in [-0.3, -0.25) is 14.8 Å². The molecule has 44 heavy (non-hydrogen) atoms. The highest BCUT2D eigenvalue weighted by molar-refractivity contribution is 7.82. The van der Waals surface area contributed by atoms with Crippen LogP contribution in [0.25, 0.3) is 0 Å². The predicted octanol–water partition coefficient (Wildman–Crippen LogP) is 4.14. The molecule has 1 aromatic heterocycles. The number of aromatic amines is 1. The summed E-state index contributed by atoms with van der Waals surface area (Å²) >= 11 is 0. The van der Waals surface area contributed by atoms with Crippen LogP contribution in [0.3, 0.4) is 0 Å². The molecule has 6 rings (SSSR count). The van der Waals surface area contributed by atoms with Crippen molar-refractivity contribution in [3.8, 4) is 0 Å². The van der Waals surface area contributed by atoms with Crippen LogP contribution in [0.5, 0.6) is 0 Å². The number of carbonyl (C=O) groups excluding carboxylic acids is 1. The van der Waals surface area contributed by atoms with Gasteiger partial charge >= 0.3 is 0 Å². The van der Waals surface area contributed by atoms with Gasteiger partial charge in [0.15, 0.2) is 5.82 Å². The van der Waals surface area contributed by atoms with Gasteiger partial charge in [0.2, 0.25) is 0 Å². The minimum atomic E-state index is -1.78. The quantitative estimate of drug-likeness (QED) is 0.328. The molecule has 0 bridgehead atoms. The molecule has 236 valence electrons. The molecule has 0 saturated carbocycles. The number of hydrogen-bond acceptors (Lipinski definition) is 7. The van der Waals surface area contributed by atoms with Gasteiger partial charge in [-0.1, -0.05) is 6.92 Å². The lowest BCUT2D eigenvalue weighted by Gasteiger charge is -2.36. The number of nitrogens with one attached hydrogen (secondary N) is 3. The van der Waals surface area contributed by atoms with Crippen molar-refractivity contribution in [2.45, 2.75) is 50.1 Å². The van der Waals surface area contributed by atoms with Crippen molar-refractivity contribution in [1.82, 2.24) is 19.4 Å². The highest BCUT2D eigenvalue weighted by Crippen LogP contribution is 2.30. The Bertz CT molecular complexity index is 1490. The Hall–Kier alpha value is -3.39. The fourth-order valence-electron chi connectivity index (χ4n) is 6.12. The number of ether oxygens (including phenoxy) is 1. The molecule has 3 N–H and O–H groups in total. The predicted molar refractivity (Wildman–Crippen MR) is 166 cm³/mol. The summed E-state index contributed by atoms with van der Waals surface area (Å²) in [6, 6.07) is 9.04. The summed E-state index contributed by atoms with van der Waals surface area (Å²) < 4.78 is 48.0. The summed E-state index contributed by atoms with van der Waals surface area (Å²) in [7, 11) is -1.78. The van der Waals surface area contributed by atoms with Gasteiger partial charge in [0.25, 0.3) is 5.91 Å². The molecule has 3 aromatic rings. The first-order valence-corrected chi connectivity index (χ1v) is 16.4. The fraction of sp³-hybridized carbons (Fsp3) is 0.484. The van der Waals surface area contributed by atoms with Crippen molar-refractivity contribution in [3.05, 3.63) is 64.9 Å². The van der Waals surface area contributed by atoms with Crippen LogP contribution in [0.4, 0.5) is 26.0 Å². The van der Waals surface area contributed by atoms with Gasteiger partial charge in [-0.25, -0.2) is 17.3 Å². The SMILES string of the molecule is CCCN1CCN(c2ccc(C(=O)Nc3n[nH]c4c3CN(S(=O)c3cc(F)cc(F)c3)CC4)c(NC3CCOCC3)c2)CC1. The summed E-state index contributed by atoms with van der Waals surface area (Å²) in [5.74, 6) is -1.52. The summed E-state index contributed by atoms with van der Waals surface area (Å²) in [6.45, 7) is 9.16. The molecule has 1 atom stereocenters. The maximum atomic E-state index is 13.8. The van der Waals surface area contributed by atoms with Crippen molar-refractivity contribution in [2.75, 3.05) is 68.0 Å². The van der Waals surface area contributed by atoms with E-state index in [1.54, 1.807) is 4.31 Å². The van der Waals surface area contributed by atoms with E-state index < -0.39 is 22.6 Å². The maximum absolute atomic E-state index is 13.8. The number of nitrogens with zero attached hydrogens (tertiary/aromatic N) is 4. The van der Waals surface area contributed by atoms with Crippen molar-refractivity contribution >= 4 is 34.1 Å². The number of piperazine rings is 1. The van der Waals surface area contributed by atoms with Crippen LogP contribution in [-0.2, 0) is 28.7 Å². The smallest absolute Gasteiger partial charge is 0.258 e. The molecule has 0 aliphatic carbocycles. The number of aromatic nitrogens is 2. The maximum Gasteiger partial charge on any atom is 0.258 e. The molecular weight excluding hydrogens is 588 g/mol. The van der Waals surface area contributed by atoms with Crippen LogP contribution >= 0.6 is 0 Å². The Labute approximate surface area is 258 Å². The molecule has 1 amide bonds. The number of halogens is 2. The molecule has 2 aromatic carbocycles. The average molecular weight is 628 g/mol. The third kappa shape index (κ3) is 6.96. The van der Waals surface area contributed by atoms with Crippen LogP contribution in [0.15, 0.2) is 41.3 Å². The second-order valence-corrected chi connectivity index (χ2v) is 13.0. The van der Waals surface area contributed by atoms with Crippen molar-refractivity contribution in [1.29, 1.82) is 0 Å². The van der Waals surface area contributed by atoms with Gasteiger partial charge in [-0.15, -0.1) is 0 Å². The summed E-state index contributed by atoms with van der Waals surface area (Å²) in [5.41, 5.74) is 3.89. The number of rotatable bonds is 9. The van der Waals surface area contributed by atoms with Gasteiger partial charge < -0.3 is 20.3 Å². The standard InChI is InChI=1S/C31H39F2N7O3S/c1-2-8-38-10-12-39(13-11-38)24-3-4-26(29(19-24)34-23-6-14-43-15-7-23)31(41)35-30-27-20-40(9-5-28(27)36-37-30)44(42)25-17-21(32)16-22(33)18-25/h3-4,16-19,23,34H,2,5-15,20H2,1H3,(H2,35,36,37,41). The Morgan fingerprint density at radius 1 is 1.07 bits per heavy atom. The van der Waals surface area contributed by atoms with E-state index in [-0.39, 0.29) is 23.4 Å². The van der Waals surface area contributed by atoms with E-state index in [1.165, 1.54) is 0 Å². The zero-order valence-corrected chi connectivity index (χ0v) is 25.7. The first kappa shape index (κ1) is 30.6. The van der Waals surface area contributed by atoms with E-state index in [4.69, 9.17) is 4.74 Å². The lowest BCUT2D eigenvalue weighted by molar-refractivity contribution is 0.0904. The Morgan fingerprint density at radius 3 is 2.55 bits per heavy atom. The minimum Gasteiger partial charge on any atom is -0.381 e. The summed E-state index contributed by atoms with van der Waals surface area (Å²) in [4.78, 5) is 18.7. The zero-order valence-electron chi connectivity index (χ0n) is 24.9. The van der Waals surface area contributed by atoms with Crippen LogP contribution < -0.4 is 15.5 Å². The molecule has 3 aliphatic rings. The number of H-pyrrole nitrogens is 1. The highest BCUT2D eigenvalue weighted by atomic mass is 32.2.